The zero-order chi connectivity index (χ0) is 20.6. The fourth-order valence-corrected chi connectivity index (χ4v) is 3.22. The summed E-state index contributed by atoms with van der Waals surface area (Å²) in [5.74, 6) is -3.77. The van der Waals surface area contributed by atoms with E-state index >= 15 is 0 Å². The smallest absolute Gasteiger partial charge is 0.407 e. The molecule has 1 heterocycles. The lowest BCUT2D eigenvalue weighted by molar-refractivity contribution is 0.0348. The molecule has 2 aromatic rings. The van der Waals surface area contributed by atoms with Crippen LogP contribution in [0.25, 0.3) is 0 Å². The molecular weight excluding hydrogens is 490 g/mol. The third-order valence-corrected chi connectivity index (χ3v) is 5.19. The molecule has 0 spiro atoms. The summed E-state index contributed by atoms with van der Waals surface area (Å²) in [6, 6.07) is 5.70. The molecule has 0 bridgehead atoms. The fraction of sp³-hybridized carbons (Fsp3) is 0.222. The van der Waals surface area contributed by atoms with Crippen molar-refractivity contribution in [2.75, 3.05) is 25.5 Å². The highest BCUT2D eigenvalue weighted by Crippen LogP contribution is 2.30. The first kappa shape index (κ1) is 20.2. The number of carbonyl (C=O) groups is 2. The van der Waals surface area contributed by atoms with Gasteiger partial charge in [-0.1, -0.05) is 0 Å². The third kappa shape index (κ3) is 3.86. The first-order chi connectivity index (χ1) is 13.2. The Morgan fingerprint density at radius 1 is 1.18 bits per heavy atom. The number of hydrogen-bond acceptors (Lipinski definition) is 3. The highest BCUT2D eigenvalue weighted by Gasteiger charge is 2.37. The van der Waals surface area contributed by atoms with Crippen molar-refractivity contribution in [3.8, 4) is 0 Å². The van der Waals surface area contributed by atoms with Gasteiger partial charge in [-0.15, -0.1) is 0 Å². The number of carbonyl (C=O) groups excluding carboxylic acids is 1. The van der Waals surface area contributed by atoms with Crippen molar-refractivity contribution in [1.29, 1.82) is 0 Å². The lowest BCUT2D eigenvalue weighted by Crippen LogP contribution is -2.61. The van der Waals surface area contributed by atoms with Gasteiger partial charge in [-0.3, -0.25) is 4.79 Å². The van der Waals surface area contributed by atoms with Crippen molar-refractivity contribution in [2.24, 2.45) is 0 Å². The van der Waals surface area contributed by atoms with Crippen LogP contribution in [0, 0.1) is 21.0 Å². The summed E-state index contributed by atoms with van der Waals surface area (Å²) >= 11 is 1.91. The molecule has 1 aliphatic rings. The number of hydrogen-bond donors (Lipinski definition) is 2. The second-order valence-corrected chi connectivity index (χ2v) is 7.54. The van der Waals surface area contributed by atoms with Crippen LogP contribution in [-0.4, -0.2) is 53.1 Å². The highest BCUT2D eigenvalue weighted by molar-refractivity contribution is 14.1. The standard InChI is InChI=1S/C18H15F3IN3O3/c1-24(18(27)28)10-7-25(8-10)17(26)11-3-4-12(19)15(21)16(11)23-14-5-2-9(22)6-13(14)20/h2-6,10,23H,7-8H2,1H3,(H,27,28). The predicted octanol–water partition coefficient (Wildman–Crippen LogP) is 3.89. The number of halogens is 4. The van der Waals surface area contributed by atoms with Crippen molar-refractivity contribution in [3.05, 3.63) is 56.9 Å². The minimum Gasteiger partial charge on any atom is -0.465 e. The summed E-state index contributed by atoms with van der Waals surface area (Å²) in [5.41, 5.74) is -0.750. The average molecular weight is 505 g/mol. The van der Waals surface area contributed by atoms with E-state index in [0.29, 0.717) is 3.57 Å². The Morgan fingerprint density at radius 3 is 2.46 bits per heavy atom. The molecule has 148 valence electrons. The summed E-state index contributed by atoms with van der Waals surface area (Å²) in [5, 5.41) is 11.4. The number of anilines is 2. The average Bonchev–Trinajstić information content (AvgIpc) is 2.59. The largest absolute Gasteiger partial charge is 0.465 e. The van der Waals surface area contributed by atoms with Crippen LogP contribution >= 0.6 is 22.6 Å². The second kappa shape index (κ2) is 7.86. The van der Waals surface area contributed by atoms with Crippen molar-refractivity contribution in [2.45, 2.75) is 6.04 Å². The van der Waals surface area contributed by atoms with Gasteiger partial charge in [0.1, 0.15) is 5.82 Å². The van der Waals surface area contributed by atoms with Gasteiger partial charge in [-0.2, -0.15) is 0 Å². The van der Waals surface area contributed by atoms with E-state index in [0.717, 1.165) is 17.0 Å². The molecule has 2 amide bonds. The second-order valence-electron chi connectivity index (χ2n) is 6.29. The van der Waals surface area contributed by atoms with Gasteiger partial charge in [0.05, 0.1) is 23.0 Å². The number of rotatable bonds is 4. The number of amides is 2. The molecule has 10 heteroatoms. The van der Waals surface area contributed by atoms with Crippen LogP contribution in [-0.2, 0) is 0 Å². The molecule has 0 aromatic heterocycles. The number of nitrogens with zero attached hydrogens (tertiary/aromatic N) is 2. The summed E-state index contributed by atoms with van der Waals surface area (Å²) in [7, 11) is 1.39. The molecule has 0 saturated carbocycles. The Hall–Kier alpha value is -2.50. The minimum absolute atomic E-state index is 0.105. The number of likely N-dealkylation sites (N-methyl/N-ethyl adjacent to an activating group) is 1. The SMILES string of the molecule is CN(C(=O)O)C1CN(C(=O)c2ccc(F)c(F)c2Nc2ccc(I)cc2F)C1. The maximum Gasteiger partial charge on any atom is 0.407 e. The maximum atomic E-state index is 14.4. The summed E-state index contributed by atoms with van der Waals surface area (Å²) < 4.78 is 42.9. The summed E-state index contributed by atoms with van der Waals surface area (Å²) in [4.78, 5) is 26.1. The number of benzene rings is 2. The van der Waals surface area contributed by atoms with Crippen LogP contribution in [0.3, 0.4) is 0 Å². The van der Waals surface area contributed by atoms with Crippen LogP contribution in [0.15, 0.2) is 30.3 Å². The van der Waals surface area contributed by atoms with Gasteiger partial charge in [-0.25, -0.2) is 18.0 Å². The maximum absolute atomic E-state index is 14.4. The van der Waals surface area contributed by atoms with Gasteiger partial charge in [0.25, 0.3) is 5.91 Å². The Kier molecular flexibility index (Phi) is 5.68. The Bertz CT molecular complexity index is 951. The van der Waals surface area contributed by atoms with Crippen LogP contribution < -0.4 is 5.32 Å². The van der Waals surface area contributed by atoms with Crippen LogP contribution in [0.2, 0.25) is 0 Å². The topological polar surface area (TPSA) is 72.9 Å². The molecule has 1 fully saturated rings. The van der Waals surface area contributed by atoms with E-state index in [1.165, 1.54) is 24.1 Å². The van der Waals surface area contributed by atoms with Gasteiger partial charge in [0.15, 0.2) is 11.6 Å². The van der Waals surface area contributed by atoms with Gasteiger partial charge in [0.2, 0.25) is 0 Å². The number of nitrogens with one attached hydrogen (secondary N) is 1. The number of carboxylic acid groups (broad SMARTS) is 1. The first-order valence-corrected chi connectivity index (χ1v) is 9.22. The molecular formula is C18H15F3IN3O3. The van der Waals surface area contributed by atoms with Crippen molar-refractivity contribution in [1.82, 2.24) is 9.80 Å². The minimum atomic E-state index is -1.30. The van der Waals surface area contributed by atoms with E-state index in [2.05, 4.69) is 5.32 Å². The molecule has 1 saturated heterocycles. The third-order valence-electron chi connectivity index (χ3n) is 4.51. The van der Waals surface area contributed by atoms with Crippen LogP contribution in [0.4, 0.5) is 29.3 Å². The predicted molar refractivity (Wildman–Crippen MR) is 104 cm³/mol. The van der Waals surface area contributed by atoms with E-state index in [4.69, 9.17) is 5.11 Å². The van der Waals surface area contributed by atoms with Gasteiger partial charge in [-0.05, 0) is 52.9 Å². The van der Waals surface area contributed by atoms with E-state index in [1.54, 1.807) is 6.07 Å². The zero-order valence-electron chi connectivity index (χ0n) is 14.5. The highest BCUT2D eigenvalue weighted by atomic mass is 127. The molecule has 0 atom stereocenters. The molecule has 1 aliphatic heterocycles. The van der Waals surface area contributed by atoms with Crippen molar-refractivity contribution < 1.29 is 27.9 Å². The Morgan fingerprint density at radius 2 is 1.86 bits per heavy atom. The van der Waals surface area contributed by atoms with E-state index in [9.17, 15) is 22.8 Å². The Balaban J connectivity index is 1.87. The van der Waals surface area contributed by atoms with Crippen molar-refractivity contribution in [3.63, 3.8) is 0 Å². The van der Waals surface area contributed by atoms with Crippen LogP contribution in [0.1, 0.15) is 10.4 Å². The molecule has 3 rings (SSSR count). The molecule has 0 unspecified atom stereocenters. The number of likely N-dealkylation sites (tertiary alicyclic amines) is 1. The molecule has 2 N–H and O–H groups in total. The fourth-order valence-electron chi connectivity index (χ4n) is 2.77. The normalized spacial score (nSPS) is 13.8. The summed E-state index contributed by atoms with van der Waals surface area (Å²) in [6.45, 7) is 0.246. The van der Waals surface area contributed by atoms with Gasteiger partial charge in [0, 0.05) is 23.7 Å². The monoisotopic (exact) mass is 505 g/mol. The molecule has 2 aromatic carbocycles. The van der Waals surface area contributed by atoms with Gasteiger partial charge < -0.3 is 20.2 Å². The van der Waals surface area contributed by atoms with E-state index in [1.807, 2.05) is 22.6 Å². The summed E-state index contributed by atoms with van der Waals surface area (Å²) in [6.07, 6.45) is -1.12. The van der Waals surface area contributed by atoms with Crippen LogP contribution in [0.5, 0.6) is 0 Å². The first-order valence-electron chi connectivity index (χ1n) is 8.14. The Labute approximate surface area is 172 Å². The zero-order valence-corrected chi connectivity index (χ0v) is 16.7. The van der Waals surface area contributed by atoms with Crippen molar-refractivity contribution >= 4 is 46.0 Å². The molecule has 28 heavy (non-hydrogen) atoms. The molecule has 6 nitrogen and oxygen atoms in total. The quantitative estimate of drug-likeness (QED) is 0.619. The van der Waals surface area contributed by atoms with Gasteiger partial charge >= 0.3 is 6.09 Å². The van der Waals surface area contributed by atoms with E-state index in [-0.39, 0.29) is 30.4 Å². The van der Waals surface area contributed by atoms with E-state index < -0.39 is 35.1 Å². The molecule has 0 aliphatic carbocycles. The molecule has 0 radical (unpaired) electrons. The lowest BCUT2D eigenvalue weighted by Gasteiger charge is -2.43. The lowest BCUT2D eigenvalue weighted by atomic mass is 10.0.